The minimum Gasteiger partial charge on any atom is -0.436 e. The number of benzene rings is 3. The first-order valence-corrected chi connectivity index (χ1v) is 11.3. The quantitative estimate of drug-likeness (QED) is 0.294. The molecule has 0 aliphatic heterocycles. The summed E-state index contributed by atoms with van der Waals surface area (Å²) in [6.07, 6.45) is 1.75. The van der Waals surface area contributed by atoms with Gasteiger partial charge in [0.25, 0.3) is 0 Å². The molecule has 1 aliphatic carbocycles. The largest absolute Gasteiger partial charge is 0.436 e. The summed E-state index contributed by atoms with van der Waals surface area (Å²) in [7, 11) is 0. The summed E-state index contributed by atoms with van der Waals surface area (Å²) in [6.45, 7) is 0. The fourth-order valence-electron chi connectivity index (χ4n) is 4.65. The molecule has 0 spiro atoms. The summed E-state index contributed by atoms with van der Waals surface area (Å²) in [6, 6.07) is 31.0. The van der Waals surface area contributed by atoms with Crippen LogP contribution in [0.15, 0.2) is 108 Å². The van der Waals surface area contributed by atoms with Gasteiger partial charge in [-0.25, -0.2) is 9.97 Å². The van der Waals surface area contributed by atoms with Crippen LogP contribution in [-0.2, 0) is 0 Å². The van der Waals surface area contributed by atoms with Gasteiger partial charge in [-0.15, -0.1) is 0 Å². The van der Waals surface area contributed by atoms with Crippen molar-refractivity contribution in [3.63, 3.8) is 0 Å². The predicted molar refractivity (Wildman–Crippen MR) is 135 cm³/mol. The molecule has 0 saturated carbocycles. The number of hydrogen-bond acceptors (Lipinski definition) is 5. The van der Waals surface area contributed by atoms with E-state index in [4.69, 9.17) is 9.40 Å². The highest BCUT2D eigenvalue weighted by atomic mass is 16.3. The first-order chi connectivity index (χ1) is 17.3. The lowest BCUT2D eigenvalue weighted by atomic mass is 9.96. The summed E-state index contributed by atoms with van der Waals surface area (Å²) in [5.41, 5.74) is 8.55. The van der Waals surface area contributed by atoms with E-state index in [1.54, 1.807) is 6.20 Å². The van der Waals surface area contributed by atoms with Gasteiger partial charge in [-0.05, 0) is 53.6 Å². The van der Waals surface area contributed by atoms with Gasteiger partial charge in [0.1, 0.15) is 5.52 Å². The van der Waals surface area contributed by atoms with Crippen molar-refractivity contribution in [1.82, 2.24) is 15.0 Å². The zero-order valence-corrected chi connectivity index (χ0v) is 18.5. The average Bonchev–Trinajstić information content (AvgIpc) is 3.48. The molecule has 1 aliphatic rings. The molecular formula is C30H17N3O2. The number of aromatic nitrogens is 3. The third-order valence-corrected chi connectivity index (χ3v) is 6.34. The van der Waals surface area contributed by atoms with E-state index in [1.807, 2.05) is 97.1 Å². The Morgan fingerprint density at radius 2 is 1.37 bits per heavy atom. The molecule has 0 radical (unpaired) electrons. The van der Waals surface area contributed by atoms with Crippen LogP contribution < -0.4 is 0 Å². The minimum atomic E-state index is -0.00583. The van der Waals surface area contributed by atoms with Gasteiger partial charge in [0, 0.05) is 22.9 Å². The van der Waals surface area contributed by atoms with Gasteiger partial charge >= 0.3 is 0 Å². The van der Waals surface area contributed by atoms with Crippen molar-refractivity contribution in [2.75, 3.05) is 0 Å². The Morgan fingerprint density at radius 1 is 0.629 bits per heavy atom. The third kappa shape index (κ3) is 3.09. The molecule has 0 N–H and O–H groups in total. The number of carbonyl (C=O) groups is 1. The molecule has 0 atom stereocenters. The van der Waals surface area contributed by atoms with E-state index in [0.29, 0.717) is 22.7 Å². The van der Waals surface area contributed by atoms with Crippen molar-refractivity contribution in [3.8, 4) is 45.2 Å². The summed E-state index contributed by atoms with van der Waals surface area (Å²) < 4.78 is 5.93. The second-order valence-electron chi connectivity index (χ2n) is 8.43. The van der Waals surface area contributed by atoms with Gasteiger partial charge in [0.05, 0.1) is 22.6 Å². The standard InChI is InChI=1S/C30H17N3O2/c34-29-21-8-2-1-7-20(21)28-27(29)22(17-25(32-28)23-9-5-6-16-31-23)18-12-14-19(15-13-18)30-33-24-10-3-4-11-26(24)35-30/h1-17H. The number of pyridine rings is 2. The van der Waals surface area contributed by atoms with E-state index in [0.717, 1.165) is 44.7 Å². The van der Waals surface area contributed by atoms with Crippen LogP contribution in [0.2, 0.25) is 0 Å². The lowest BCUT2D eigenvalue weighted by Gasteiger charge is -2.11. The summed E-state index contributed by atoms with van der Waals surface area (Å²) in [4.78, 5) is 27.4. The lowest BCUT2D eigenvalue weighted by Crippen LogP contribution is -2.01. The van der Waals surface area contributed by atoms with E-state index in [2.05, 4.69) is 9.97 Å². The predicted octanol–water partition coefficient (Wildman–Crippen LogP) is 6.83. The number of carbonyl (C=O) groups excluding carboxylic acids is 1. The first kappa shape index (κ1) is 19.6. The topological polar surface area (TPSA) is 68.9 Å². The van der Waals surface area contributed by atoms with Crippen molar-refractivity contribution >= 4 is 16.9 Å². The van der Waals surface area contributed by atoms with E-state index >= 15 is 0 Å². The third-order valence-electron chi connectivity index (χ3n) is 6.34. The molecule has 0 unspecified atom stereocenters. The van der Waals surface area contributed by atoms with Crippen LogP contribution in [-0.4, -0.2) is 20.7 Å². The lowest BCUT2D eigenvalue weighted by molar-refractivity contribution is 0.104. The smallest absolute Gasteiger partial charge is 0.227 e. The van der Waals surface area contributed by atoms with E-state index in [-0.39, 0.29) is 5.78 Å². The number of ketones is 1. The molecule has 6 aromatic rings. The maximum Gasteiger partial charge on any atom is 0.227 e. The van der Waals surface area contributed by atoms with Crippen LogP contribution in [0.1, 0.15) is 15.9 Å². The maximum absolute atomic E-state index is 13.4. The molecule has 3 aromatic heterocycles. The van der Waals surface area contributed by atoms with Gasteiger partial charge in [-0.2, -0.15) is 0 Å². The maximum atomic E-state index is 13.4. The molecule has 0 saturated heterocycles. The van der Waals surface area contributed by atoms with Crippen molar-refractivity contribution in [2.24, 2.45) is 0 Å². The number of nitrogens with zero attached hydrogens (tertiary/aromatic N) is 3. The molecule has 0 fully saturated rings. The normalized spacial score (nSPS) is 12.1. The highest BCUT2D eigenvalue weighted by Crippen LogP contribution is 2.42. The van der Waals surface area contributed by atoms with Gasteiger partial charge < -0.3 is 4.42 Å². The molecule has 5 nitrogen and oxygen atoms in total. The minimum absolute atomic E-state index is 0.00583. The number of fused-ring (bicyclic) bond motifs is 4. The van der Waals surface area contributed by atoms with Crippen LogP contribution in [0.5, 0.6) is 0 Å². The Hall–Kier alpha value is -4.90. The Balaban J connectivity index is 1.39. The molecular weight excluding hydrogens is 434 g/mol. The Labute approximate surface area is 200 Å². The van der Waals surface area contributed by atoms with Gasteiger partial charge in [-0.1, -0.05) is 54.6 Å². The summed E-state index contributed by atoms with van der Waals surface area (Å²) in [5.74, 6) is 0.559. The Morgan fingerprint density at radius 3 is 2.17 bits per heavy atom. The molecule has 164 valence electrons. The molecule has 7 rings (SSSR count). The first-order valence-electron chi connectivity index (χ1n) is 11.3. The van der Waals surface area contributed by atoms with Gasteiger partial charge in [0.15, 0.2) is 11.4 Å². The number of oxazole rings is 1. The monoisotopic (exact) mass is 451 g/mol. The zero-order valence-electron chi connectivity index (χ0n) is 18.5. The highest BCUT2D eigenvalue weighted by molar-refractivity contribution is 6.24. The van der Waals surface area contributed by atoms with E-state index < -0.39 is 0 Å². The molecule has 0 bridgehead atoms. The second-order valence-corrected chi connectivity index (χ2v) is 8.43. The van der Waals surface area contributed by atoms with Crippen LogP contribution in [0.3, 0.4) is 0 Å². The summed E-state index contributed by atoms with van der Waals surface area (Å²) >= 11 is 0. The molecule has 3 heterocycles. The van der Waals surface area contributed by atoms with Crippen LogP contribution in [0.25, 0.3) is 56.3 Å². The van der Waals surface area contributed by atoms with Crippen molar-refractivity contribution in [3.05, 3.63) is 114 Å². The van der Waals surface area contributed by atoms with Crippen LogP contribution in [0, 0.1) is 0 Å². The summed E-state index contributed by atoms with van der Waals surface area (Å²) in [5, 5.41) is 0. The average molecular weight is 451 g/mol. The van der Waals surface area contributed by atoms with Gasteiger partial charge in [-0.3, -0.25) is 9.78 Å². The number of rotatable bonds is 3. The Kier molecular flexibility index (Phi) is 4.23. The van der Waals surface area contributed by atoms with Gasteiger partial charge in [0.2, 0.25) is 5.89 Å². The zero-order chi connectivity index (χ0) is 23.4. The number of hydrogen-bond donors (Lipinski definition) is 0. The molecule has 5 heteroatoms. The van der Waals surface area contributed by atoms with Crippen molar-refractivity contribution < 1.29 is 9.21 Å². The molecule has 35 heavy (non-hydrogen) atoms. The van der Waals surface area contributed by atoms with E-state index in [9.17, 15) is 4.79 Å². The van der Waals surface area contributed by atoms with Crippen molar-refractivity contribution in [1.29, 1.82) is 0 Å². The highest BCUT2D eigenvalue weighted by Gasteiger charge is 2.31. The fraction of sp³-hybridized carbons (Fsp3) is 0. The van der Waals surface area contributed by atoms with Crippen LogP contribution >= 0.6 is 0 Å². The second kappa shape index (κ2) is 7.57. The van der Waals surface area contributed by atoms with Crippen molar-refractivity contribution in [2.45, 2.75) is 0 Å². The molecule has 3 aromatic carbocycles. The fourth-order valence-corrected chi connectivity index (χ4v) is 4.65. The Bertz CT molecular complexity index is 1720. The molecule has 0 amide bonds. The SMILES string of the molecule is O=C1c2ccccc2-c2nc(-c3ccccn3)cc(-c3ccc(-c4nc5ccccc5o4)cc3)c21. The van der Waals surface area contributed by atoms with E-state index in [1.165, 1.54) is 0 Å². The number of para-hydroxylation sites is 2. The van der Waals surface area contributed by atoms with Crippen LogP contribution in [0.4, 0.5) is 0 Å².